The SMILES string of the molecule is C=CCNC(=O)[C@]1(Cc2cccc(-c3cccs3)c2)CCN(C(=O)c2ccn[nH]2)C1. The van der Waals surface area contributed by atoms with Crippen molar-refractivity contribution in [2.24, 2.45) is 5.41 Å². The van der Waals surface area contributed by atoms with E-state index < -0.39 is 5.41 Å². The third-order valence-corrected chi connectivity index (χ3v) is 6.45. The van der Waals surface area contributed by atoms with E-state index in [1.165, 1.54) is 4.88 Å². The van der Waals surface area contributed by atoms with Crippen LogP contribution in [-0.4, -0.2) is 46.5 Å². The fourth-order valence-electron chi connectivity index (χ4n) is 4.02. The van der Waals surface area contributed by atoms with Crippen molar-refractivity contribution in [2.45, 2.75) is 12.8 Å². The Bertz CT molecular complexity index is 1030. The van der Waals surface area contributed by atoms with Crippen LogP contribution in [-0.2, 0) is 11.2 Å². The number of aromatic amines is 1. The summed E-state index contributed by atoms with van der Waals surface area (Å²) in [5.74, 6) is -0.165. The summed E-state index contributed by atoms with van der Waals surface area (Å²) in [7, 11) is 0. The molecule has 1 aliphatic rings. The third kappa shape index (κ3) is 4.07. The van der Waals surface area contributed by atoms with Gasteiger partial charge in [-0.2, -0.15) is 5.10 Å². The number of nitrogens with zero attached hydrogens (tertiary/aromatic N) is 2. The molecule has 3 aromatic rings. The number of carbonyl (C=O) groups is 2. The molecule has 4 rings (SSSR count). The first kappa shape index (κ1) is 20.1. The smallest absolute Gasteiger partial charge is 0.271 e. The summed E-state index contributed by atoms with van der Waals surface area (Å²) >= 11 is 1.69. The molecule has 2 N–H and O–H groups in total. The van der Waals surface area contributed by atoms with Gasteiger partial charge < -0.3 is 10.2 Å². The van der Waals surface area contributed by atoms with E-state index >= 15 is 0 Å². The van der Waals surface area contributed by atoms with Crippen LogP contribution < -0.4 is 5.32 Å². The maximum absolute atomic E-state index is 13.2. The van der Waals surface area contributed by atoms with Crippen LogP contribution >= 0.6 is 11.3 Å². The first-order valence-corrected chi connectivity index (χ1v) is 10.8. The molecular weight excluding hydrogens is 396 g/mol. The van der Waals surface area contributed by atoms with Crippen molar-refractivity contribution in [1.82, 2.24) is 20.4 Å². The maximum Gasteiger partial charge on any atom is 0.271 e. The van der Waals surface area contributed by atoms with Crippen LogP contribution in [0.2, 0.25) is 0 Å². The molecular formula is C23H24N4O2S. The summed E-state index contributed by atoms with van der Waals surface area (Å²) in [6.45, 7) is 5.00. The van der Waals surface area contributed by atoms with E-state index in [1.807, 2.05) is 12.1 Å². The van der Waals surface area contributed by atoms with Crippen LogP contribution in [0.4, 0.5) is 0 Å². The predicted molar refractivity (Wildman–Crippen MR) is 118 cm³/mol. The number of aromatic nitrogens is 2. The molecule has 1 fully saturated rings. The van der Waals surface area contributed by atoms with Crippen LogP contribution in [0.15, 0.2) is 66.7 Å². The fourth-order valence-corrected chi connectivity index (χ4v) is 4.75. The number of hydrogen-bond donors (Lipinski definition) is 2. The second-order valence-electron chi connectivity index (χ2n) is 7.58. The van der Waals surface area contributed by atoms with Crippen LogP contribution in [0, 0.1) is 5.41 Å². The molecule has 3 heterocycles. The van der Waals surface area contributed by atoms with Gasteiger partial charge in [0.05, 0.1) is 5.41 Å². The van der Waals surface area contributed by atoms with E-state index in [2.05, 4.69) is 51.7 Å². The number of benzene rings is 1. The minimum Gasteiger partial charge on any atom is -0.352 e. The van der Waals surface area contributed by atoms with Gasteiger partial charge in [-0.15, -0.1) is 17.9 Å². The Hall–Kier alpha value is -3.19. The van der Waals surface area contributed by atoms with Crippen LogP contribution in [0.25, 0.3) is 10.4 Å². The molecule has 154 valence electrons. The Labute approximate surface area is 179 Å². The Morgan fingerprint density at radius 2 is 2.20 bits per heavy atom. The average Bonchev–Trinajstić information content (AvgIpc) is 3.54. The van der Waals surface area contributed by atoms with Gasteiger partial charge in [-0.25, -0.2) is 0 Å². The molecule has 0 saturated carbocycles. The number of nitrogens with one attached hydrogen (secondary N) is 2. The van der Waals surface area contributed by atoms with Crippen LogP contribution in [0.5, 0.6) is 0 Å². The van der Waals surface area contributed by atoms with Crippen molar-refractivity contribution in [2.75, 3.05) is 19.6 Å². The fraction of sp³-hybridized carbons (Fsp3) is 0.261. The van der Waals surface area contributed by atoms with E-state index in [0.717, 1.165) is 11.1 Å². The number of carbonyl (C=O) groups excluding carboxylic acids is 2. The quantitative estimate of drug-likeness (QED) is 0.574. The second-order valence-corrected chi connectivity index (χ2v) is 8.53. The maximum atomic E-state index is 13.2. The first-order chi connectivity index (χ1) is 14.6. The molecule has 1 aromatic carbocycles. The normalized spacial score (nSPS) is 18.3. The molecule has 1 aliphatic heterocycles. The topological polar surface area (TPSA) is 78.1 Å². The number of rotatable bonds is 7. The second kappa shape index (κ2) is 8.67. The van der Waals surface area contributed by atoms with Gasteiger partial charge in [-0.05, 0) is 41.5 Å². The number of hydrogen-bond acceptors (Lipinski definition) is 4. The number of amides is 2. The summed E-state index contributed by atoms with van der Waals surface area (Å²) in [6.07, 6.45) is 4.41. The highest BCUT2D eigenvalue weighted by Gasteiger charge is 2.46. The predicted octanol–water partition coefficient (Wildman–Crippen LogP) is 3.52. The van der Waals surface area contributed by atoms with Gasteiger partial charge in [0.15, 0.2) is 0 Å². The average molecular weight is 421 g/mol. The molecule has 2 aromatic heterocycles. The first-order valence-electron chi connectivity index (χ1n) is 9.92. The lowest BCUT2D eigenvalue weighted by molar-refractivity contribution is -0.130. The van der Waals surface area contributed by atoms with E-state index in [-0.39, 0.29) is 11.8 Å². The number of thiophene rings is 1. The van der Waals surface area contributed by atoms with E-state index in [9.17, 15) is 9.59 Å². The van der Waals surface area contributed by atoms with Crippen molar-refractivity contribution in [1.29, 1.82) is 0 Å². The summed E-state index contributed by atoms with van der Waals surface area (Å²) in [4.78, 5) is 28.9. The molecule has 1 atom stereocenters. The molecule has 7 heteroatoms. The minimum absolute atomic E-state index is 0.0381. The Balaban J connectivity index is 1.59. The van der Waals surface area contributed by atoms with E-state index in [4.69, 9.17) is 0 Å². The van der Waals surface area contributed by atoms with E-state index in [0.29, 0.717) is 38.2 Å². The largest absolute Gasteiger partial charge is 0.352 e. The van der Waals surface area contributed by atoms with Gasteiger partial charge in [0.2, 0.25) is 5.91 Å². The summed E-state index contributed by atoms with van der Waals surface area (Å²) < 4.78 is 0. The monoisotopic (exact) mass is 420 g/mol. The highest BCUT2D eigenvalue weighted by atomic mass is 32.1. The van der Waals surface area contributed by atoms with Crippen molar-refractivity contribution < 1.29 is 9.59 Å². The lowest BCUT2D eigenvalue weighted by atomic mass is 9.79. The van der Waals surface area contributed by atoms with Crippen LogP contribution in [0.3, 0.4) is 0 Å². The van der Waals surface area contributed by atoms with Crippen LogP contribution in [0.1, 0.15) is 22.5 Å². The standard InChI is InChI=1S/C23H24N4O2S/c1-2-10-24-22(29)23(9-12-27(16-23)21(28)19-8-11-25-26-19)15-17-5-3-6-18(14-17)20-7-4-13-30-20/h2-8,11,13-14H,1,9-10,12,15-16H2,(H,24,29)(H,25,26)/t23-/m0/s1. The molecule has 0 aliphatic carbocycles. The van der Waals surface area contributed by atoms with Gasteiger partial charge in [0, 0.05) is 30.7 Å². The van der Waals surface area contributed by atoms with Gasteiger partial charge in [0.25, 0.3) is 5.91 Å². The number of likely N-dealkylation sites (tertiary alicyclic amines) is 1. The molecule has 2 amide bonds. The summed E-state index contributed by atoms with van der Waals surface area (Å²) in [5, 5.41) is 11.6. The molecule has 0 unspecified atom stereocenters. The van der Waals surface area contributed by atoms with E-state index in [1.54, 1.807) is 34.6 Å². The molecule has 30 heavy (non-hydrogen) atoms. The van der Waals surface area contributed by atoms with Crippen molar-refractivity contribution >= 4 is 23.2 Å². The number of H-pyrrole nitrogens is 1. The molecule has 1 saturated heterocycles. The summed E-state index contributed by atoms with van der Waals surface area (Å²) in [5.41, 5.74) is 2.00. The zero-order valence-corrected chi connectivity index (χ0v) is 17.5. The van der Waals surface area contributed by atoms with Crippen molar-refractivity contribution in [3.63, 3.8) is 0 Å². The molecule has 0 bridgehead atoms. The zero-order valence-electron chi connectivity index (χ0n) is 16.6. The Morgan fingerprint density at radius 3 is 2.93 bits per heavy atom. The highest BCUT2D eigenvalue weighted by molar-refractivity contribution is 7.13. The zero-order chi connectivity index (χ0) is 21.0. The Morgan fingerprint density at radius 1 is 1.30 bits per heavy atom. The third-order valence-electron chi connectivity index (χ3n) is 5.54. The summed E-state index contributed by atoms with van der Waals surface area (Å²) in [6, 6.07) is 14.1. The lowest BCUT2D eigenvalue weighted by Gasteiger charge is -2.28. The van der Waals surface area contributed by atoms with Crippen molar-refractivity contribution in [3.05, 3.63) is 78.0 Å². The minimum atomic E-state index is -0.674. The van der Waals surface area contributed by atoms with Gasteiger partial charge in [-0.3, -0.25) is 14.7 Å². The van der Waals surface area contributed by atoms with Gasteiger partial charge >= 0.3 is 0 Å². The highest BCUT2D eigenvalue weighted by Crippen LogP contribution is 2.36. The van der Waals surface area contributed by atoms with Gasteiger partial charge in [-0.1, -0.05) is 36.4 Å². The Kier molecular flexibility index (Phi) is 5.81. The van der Waals surface area contributed by atoms with Crippen molar-refractivity contribution in [3.8, 4) is 10.4 Å². The lowest BCUT2D eigenvalue weighted by Crippen LogP contribution is -2.45. The molecule has 0 radical (unpaired) electrons. The van der Waals surface area contributed by atoms with Gasteiger partial charge in [0.1, 0.15) is 5.69 Å². The molecule has 6 nitrogen and oxygen atoms in total. The molecule has 0 spiro atoms.